The van der Waals surface area contributed by atoms with Crippen molar-refractivity contribution < 1.29 is 5.11 Å². The van der Waals surface area contributed by atoms with E-state index in [9.17, 15) is 5.11 Å². The van der Waals surface area contributed by atoms with Crippen LogP contribution in [0.3, 0.4) is 0 Å². The molecule has 0 saturated carbocycles. The third-order valence-corrected chi connectivity index (χ3v) is 4.73. The van der Waals surface area contributed by atoms with Crippen molar-refractivity contribution in [3.63, 3.8) is 0 Å². The lowest BCUT2D eigenvalue weighted by Crippen LogP contribution is -2.44. The van der Waals surface area contributed by atoms with Gasteiger partial charge < -0.3 is 10.8 Å². The first-order valence-corrected chi connectivity index (χ1v) is 7.71. The molecule has 1 aromatic rings. The lowest BCUT2D eigenvalue weighted by molar-refractivity contribution is 0.0513. The first kappa shape index (κ1) is 15.4. The number of thiocarbonyl (C=S) groups is 1. The molecular weight excluding hydrogens is 268 g/mol. The summed E-state index contributed by atoms with van der Waals surface area (Å²) in [6.45, 7) is 6.32. The maximum Gasteiger partial charge on any atom is 0.103 e. The first-order valence-electron chi connectivity index (χ1n) is 7.31. The van der Waals surface area contributed by atoms with Crippen molar-refractivity contribution in [3.8, 4) is 0 Å². The number of aliphatic hydroxyl groups excluding tert-OH is 1. The van der Waals surface area contributed by atoms with Gasteiger partial charge in [0.25, 0.3) is 0 Å². The van der Waals surface area contributed by atoms with Gasteiger partial charge in [-0.25, -0.2) is 0 Å². The second-order valence-electron chi connectivity index (χ2n) is 5.86. The molecule has 0 bridgehead atoms. The molecule has 3 unspecified atom stereocenters. The molecule has 0 spiro atoms. The maximum atomic E-state index is 10.4. The van der Waals surface area contributed by atoms with E-state index < -0.39 is 6.10 Å². The van der Waals surface area contributed by atoms with Crippen molar-refractivity contribution in [2.75, 3.05) is 13.1 Å². The Morgan fingerprint density at radius 1 is 1.40 bits per heavy atom. The first-order chi connectivity index (χ1) is 9.49. The minimum absolute atomic E-state index is 0.393. The van der Waals surface area contributed by atoms with Gasteiger partial charge in [-0.1, -0.05) is 43.4 Å². The molecule has 4 heteroatoms. The molecule has 1 saturated heterocycles. The summed E-state index contributed by atoms with van der Waals surface area (Å²) in [7, 11) is 0. The van der Waals surface area contributed by atoms with Crippen LogP contribution in [0.25, 0.3) is 0 Å². The van der Waals surface area contributed by atoms with Crippen LogP contribution in [0, 0.1) is 5.92 Å². The van der Waals surface area contributed by atoms with Crippen LogP contribution >= 0.6 is 12.2 Å². The maximum absolute atomic E-state index is 10.4. The number of benzene rings is 1. The van der Waals surface area contributed by atoms with E-state index in [0.29, 0.717) is 23.5 Å². The van der Waals surface area contributed by atoms with Crippen molar-refractivity contribution in [3.05, 3.63) is 35.4 Å². The Hall–Kier alpha value is -0.970. The fourth-order valence-electron chi connectivity index (χ4n) is 2.88. The Kier molecular flexibility index (Phi) is 5.13. The molecule has 2 rings (SSSR count). The number of hydrogen-bond donors (Lipinski definition) is 2. The number of hydrogen-bond acceptors (Lipinski definition) is 3. The van der Waals surface area contributed by atoms with Crippen LogP contribution in [0.4, 0.5) is 0 Å². The molecule has 1 fully saturated rings. The molecule has 0 amide bonds. The van der Waals surface area contributed by atoms with E-state index in [0.717, 1.165) is 17.7 Å². The fraction of sp³-hybridized carbons (Fsp3) is 0.562. The van der Waals surface area contributed by atoms with E-state index in [4.69, 9.17) is 18.0 Å². The molecule has 110 valence electrons. The van der Waals surface area contributed by atoms with Gasteiger partial charge in [-0.15, -0.1) is 0 Å². The Labute approximate surface area is 126 Å². The van der Waals surface area contributed by atoms with Crippen LogP contribution in [0.5, 0.6) is 0 Å². The zero-order chi connectivity index (χ0) is 14.7. The van der Waals surface area contributed by atoms with Gasteiger partial charge >= 0.3 is 0 Å². The highest BCUT2D eigenvalue weighted by atomic mass is 32.1. The summed E-state index contributed by atoms with van der Waals surface area (Å²) in [5, 5.41) is 10.4. The van der Waals surface area contributed by atoms with Gasteiger partial charge in [0.05, 0.1) is 6.10 Å². The van der Waals surface area contributed by atoms with Crippen molar-refractivity contribution >= 4 is 17.2 Å². The van der Waals surface area contributed by atoms with Crippen molar-refractivity contribution in [1.29, 1.82) is 0 Å². The minimum Gasteiger partial charge on any atom is -0.389 e. The highest BCUT2D eigenvalue weighted by Crippen LogP contribution is 2.25. The summed E-state index contributed by atoms with van der Waals surface area (Å²) in [6, 6.07) is 8.12. The zero-order valence-electron chi connectivity index (χ0n) is 12.2. The zero-order valence-corrected chi connectivity index (χ0v) is 13.1. The van der Waals surface area contributed by atoms with Crippen LogP contribution in [0.1, 0.15) is 43.9 Å². The molecule has 3 nitrogen and oxygen atoms in total. The standard InChI is InChI=1S/C16H24N2OS/c1-11-4-3-9-18(12(11)2)10-15(19)13-5-7-14(8-6-13)16(17)20/h5-8,11-12,15,19H,3-4,9-10H2,1-2H3,(H2,17,20). The highest BCUT2D eigenvalue weighted by Gasteiger charge is 2.26. The van der Waals surface area contributed by atoms with E-state index in [1.807, 2.05) is 24.3 Å². The molecule has 0 radical (unpaired) electrons. The summed E-state index contributed by atoms with van der Waals surface area (Å²) < 4.78 is 0. The number of likely N-dealkylation sites (tertiary alicyclic amines) is 1. The molecule has 3 atom stereocenters. The quantitative estimate of drug-likeness (QED) is 0.837. The van der Waals surface area contributed by atoms with Gasteiger partial charge in [0.15, 0.2) is 0 Å². The predicted molar refractivity (Wildman–Crippen MR) is 86.7 cm³/mol. The van der Waals surface area contributed by atoms with Gasteiger partial charge in [0.2, 0.25) is 0 Å². The van der Waals surface area contributed by atoms with Crippen LogP contribution in [0.15, 0.2) is 24.3 Å². The largest absolute Gasteiger partial charge is 0.389 e. The summed E-state index contributed by atoms with van der Waals surface area (Å²) in [6.07, 6.45) is 2.05. The summed E-state index contributed by atoms with van der Waals surface area (Å²) >= 11 is 4.94. The average Bonchev–Trinajstić information content (AvgIpc) is 2.44. The molecule has 20 heavy (non-hydrogen) atoms. The van der Waals surface area contributed by atoms with Crippen LogP contribution in [-0.2, 0) is 0 Å². The summed E-state index contributed by atoms with van der Waals surface area (Å²) in [4.78, 5) is 2.78. The molecular formula is C16H24N2OS. The number of nitrogens with zero attached hydrogens (tertiary/aromatic N) is 1. The molecule has 1 heterocycles. The van der Waals surface area contributed by atoms with Gasteiger partial charge in [0, 0.05) is 18.2 Å². The van der Waals surface area contributed by atoms with Crippen LogP contribution in [0.2, 0.25) is 0 Å². The lowest BCUT2D eigenvalue weighted by Gasteiger charge is -2.39. The molecule has 3 N–H and O–H groups in total. The van der Waals surface area contributed by atoms with E-state index in [2.05, 4.69) is 18.7 Å². The lowest BCUT2D eigenvalue weighted by atomic mass is 9.91. The number of piperidine rings is 1. The van der Waals surface area contributed by atoms with Gasteiger partial charge in [-0.05, 0) is 37.8 Å². The average molecular weight is 292 g/mol. The molecule has 0 aromatic heterocycles. The molecule has 1 aliphatic rings. The predicted octanol–water partition coefficient (Wildman–Crippen LogP) is 2.47. The second kappa shape index (κ2) is 6.66. The third kappa shape index (κ3) is 3.57. The monoisotopic (exact) mass is 292 g/mol. The van der Waals surface area contributed by atoms with E-state index in [1.54, 1.807) is 0 Å². The van der Waals surface area contributed by atoms with Crippen molar-refractivity contribution in [1.82, 2.24) is 4.90 Å². The fourth-order valence-corrected chi connectivity index (χ4v) is 3.01. The number of aliphatic hydroxyl groups is 1. The SMILES string of the molecule is CC1CCCN(CC(O)c2ccc(C(N)=S)cc2)C1C. The normalized spacial score (nSPS) is 25.4. The van der Waals surface area contributed by atoms with Crippen LogP contribution in [-0.4, -0.2) is 34.1 Å². The van der Waals surface area contributed by atoms with Gasteiger partial charge in [0.1, 0.15) is 4.99 Å². The Bertz CT molecular complexity index is 460. The number of β-amino-alcohol motifs (C(OH)–C–C–N with tert-alkyl or cyclic N) is 1. The minimum atomic E-state index is -0.455. The third-order valence-electron chi connectivity index (χ3n) is 4.49. The smallest absolute Gasteiger partial charge is 0.103 e. The topological polar surface area (TPSA) is 49.5 Å². The van der Waals surface area contributed by atoms with Crippen molar-refractivity contribution in [2.45, 2.75) is 38.8 Å². The Balaban J connectivity index is 2.00. The van der Waals surface area contributed by atoms with E-state index in [-0.39, 0.29) is 0 Å². The highest BCUT2D eigenvalue weighted by molar-refractivity contribution is 7.80. The Morgan fingerprint density at radius 2 is 2.05 bits per heavy atom. The summed E-state index contributed by atoms with van der Waals surface area (Å²) in [5.41, 5.74) is 7.35. The van der Waals surface area contributed by atoms with Crippen LogP contribution < -0.4 is 5.73 Å². The Morgan fingerprint density at radius 3 is 2.65 bits per heavy atom. The van der Waals surface area contributed by atoms with Gasteiger partial charge in [-0.3, -0.25) is 4.90 Å². The number of rotatable bonds is 4. The van der Waals surface area contributed by atoms with E-state index in [1.165, 1.54) is 12.8 Å². The summed E-state index contributed by atoms with van der Waals surface area (Å²) in [5.74, 6) is 0.702. The molecule has 0 aliphatic carbocycles. The molecule has 1 aromatic carbocycles. The van der Waals surface area contributed by atoms with Gasteiger partial charge in [-0.2, -0.15) is 0 Å². The van der Waals surface area contributed by atoms with Crippen molar-refractivity contribution in [2.24, 2.45) is 11.7 Å². The van der Waals surface area contributed by atoms with E-state index >= 15 is 0 Å². The molecule has 1 aliphatic heterocycles. The second-order valence-corrected chi connectivity index (χ2v) is 6.30. The number of nitrogens with two attached hydrogens (primary N) is 1.